The molecule has 1 aromatic carbocycles. The minimum absolute atomic E-state index is 0.461. The van der Waals surface area contributed by atoms with Gasteiger partial charge in [-0.1, -0.05) is 32.0 Å². The van der Waals surface area contributed by atoms with E-state index in [1.807, 2.05) is 6.92 Å². The Balaban J connectivity index is 1.89. The highest BCUT2D eigenvalue weighted by atomic mass is 15.3. The van der Waals surface area contributed by atoms with E-state index in [9.17, 15) is 0 Å². The minimum Gasteiger partial charge on any atom is -0.354 e. The van der Waals surface area contributed by atoms with Crippen molar-refractivity contribution < 1.29 is 0 Å². The Morgan fingerprint density at radius 3 is 2.44 bits per heavy atom. The van der Waals surface area contributed by atoms with Gasteiger partial charge in [-0.15, -0.1) is 0 Å². The molecule has 2 heterocycles. The van der Waals surface area contributed by atoms with E-state index in [0.717, 1.165) is 43.6 Å². The summed E-state index contributed by atoms with van der Waals surface area (Å²) in [6, 6.07) is 8.53. The maximum absolute atomic E-state index is 4.66. The Labute approximate surface area is 151 Å². The maximum Gasteiger partial charge on any atom is 0.136 e. The van der Waals surface area contributed by atoms with Gasteiger partial charge in [0, 0.05) is 37.9 Å². The van der Waals surface area contributed by atoms with Gasteiger partial charge in [0.1, 0.15) is 17.5 Å². The second-order valence-corrected chi connectivity index (χ2v) is 7.27. The van der Waals surface area contributed by atoms with E-state index in [1.165, 1.54) is 16.8 Å². The molecule has 5 nitrogen and oxygen atoms in total. The number of rotatable bonds is 4. The zero-order chi connectivity index (χ0) is 18.0. The molecule has 0 saturated carbocycles. The van der Waals surface area contributed by atoms with E-state index in [2.05, 4.69) is 77.2 Å². The predicted molar refractivity (Wildman–Crippen MR) is 105 cm³/mol. The van der Waals surface area contributed by atoms with Crippen LogP contribution in [-0.2, 0) is 0 Å². The molecule has 5 heteroatoms. The van der Waals surface area contributed by atoms with Gasteiger partial charge in [0.15, 0.2) is 0 Å². The standard InChI is InChI=1S/C20H29N5/c1-14(2)17-8-6-7-15(3)20(17)23-18-13-19(22-16(4)21-18)25-11-9-24(5)10-12-25/h6-8,13-14H,9-12H2,1-5H3,(H,21,22,23). The first-order valence-electron chi connectivity index (χ1n) is 9.09. The lowest BCUT2D eigenvalue weighted by Crippen LogP contribution is -2.44. The lowest BCUT2D eigenvalue weighted by atomic mass is 9.98. The number of hydrogen-bond acceptors (Lipinski definition) is 5. The van der Waals surface area contributed by atoms with E-state index < -0.39 is 0 Å². The Kier molecular flexibility index (Phi) is 5.23. The highest BCUT2D eigenvalue weighted by Crippen LogP contribution is 2.30. The average Bonchev–Trinajstić information content (AvgIpc) is 2.56. The molecule has 1 saturated heterocycles. The molecule has 0 aliphatic carbocycles. The first-order chi connectivity index (χ1) is 11.9. The normalized spacial score (nSPS) is 15.7. The molecule has 0 bridgehead atoms. The fraction of sp³-hybridized carbons (Fsp3) is 0.500. The van der Waals surface area contributed by atoms with Gasteiger partial charge in [0.05, 0.1) is 0 Å². The van der Waals surface area contributed by atoms with Crippen LogP contribution < -0.4 is 10.2 Å². The third-order valence-electron chi connectivity index (χ3n) is 4.83. The zero-order valence-corrected chi connectivity index (χ0v) is 16.0. The van der Waals surface area contributed by atoms with Crippen LogP contribution in [0.15, 0.2) is 24.3 Å². The van der Waals surface area contributed by atoms with Gasteiger partial charge >= 0.3 is 0 Å². The van der Waals surface area contributed by atoms with E-state index in [-0.39, 0.29) is 0 Å². The number of aromatic nitrogens is 2. The fourth-order valence-electron chi connectivity index (χ4n) is 3.28. The summed E-state index contributed by atoms with van der Waals surface area (Å²) in [6.45, 7) is 12.7. The first-order valence-corrected chi connectivity index (χ1v) is 9.09. The van der Waals surface area contributed by atoms with Crippen molar-refractivity contribution in [2.75, 3.05) is 43.4 Å². The average molecular weight is 339 g/mol. The Morgan fingerprint density at radius 1 is 1.04 bits per heavy atom. The molecular weight excluding hydrogens is 310 g/mol. The molecule has 1 N–H and O–H groups in total. The van der Waals surface area contributed by atoms with Crippen LogP contribution in [0.1, 0.15) is 36.7 Å². The minimum atomic E-state index is 0.461. The lowest BCUT2D eigenvalue weighted by molar-refractivity contribution is 0.312. The van der Waals surface area contributed by atoms with Crippen molar-refractivity contribution in [1.82, 2.24) is 14.9 Å². The third-order valence-corrected chi connectivity index (χ3v) is 4.83. The van der Waals surface area contributed by atoms with Crippen LogP contribution in [0, 0.1) is 13.8 Å². The summed E-state index contributed by atoms with van der Waals surface area (Å²) >= 11 is 0. The van der Waals surface area contributed by atoms with Crippen LogP contribution in [0.5, 0.6) is 0 Å². The quantitative estimate of drug-likeness (QED) is 0.920. The largest absolute Gasteiger partial charge is 0.354 e. The number of anilines is 3. The molecule has 25 heavy (non-hydrogen) atoms. The zero-order valence-electron chi connectivity index (χ0n) is 16.0. The van der Waals surface area contributed by atoms with Crippen molar-refractivity contribution in [3.63, 3.8) is 0 Å². The van der Waals surface area contributed by atoms with E-state index in [1.54, 1.807) is 0 Å². The summed E-state index contributed by atoms with van der Waals surface area (Å²) < 4.78 is 0. The molecule has 0 amide bonds. The molecule has 0 unspecified atom stereocenters. The molecule has 1 aliphatic rings. The summed E-state index contributed by atoms with van der Waals surface area (Å²) in [5.74, 6) is 3.15. The number of benzene rings is 1. The highest BCUT2D eigenvalue weighted by Gasteiger charge is 2.17. The SMILES string of the molecule is Cc1nc(Nc2c(C)cccc2C(C)C)cc(N2CCN(C)CC2)n1. The summed E-state index contributed by atoms with van der Waals surface area (Å²) in [6.07, 6.45) is 0. The molecule has 2 aromatic rings. The number of nitrogens with zero attached hydrogens (tertiary/aromatic N) is 4. The number of para-hydroxylation sites is 1. The molecule has 134 valence electrons. The molecule has 1 fully saturated rings. The molecule has 0 radical (unpaired) electrons. The molecule has 0 atom stereocenters. The number of hydrogen-bond donors (Lipinski definition) is 1. The van der Waals surface area contributed by atoms with E-state index in [0.29, 0.717) is 5.92 Å². The van der Waals surface area contributed by atoms with Gasteiger partial charge in [0.25, 0.3) is 0 Å². The number of piperazine rings is 1. The van der Waals surface area contributed by atoms with Gasteiger partial charge < -0.3 is 15.1 Å². The Hall–Kier alpha value is -2.14. The second kappa shape index (κ2) is 7.40. The van der Waals surface area contributed by atoms with Gasteiger partial charge in [-0.2, -0.15) is 0 Å². The van der Waals surface area contributed by atoms with E-state index >= 15 is 0 Å². The molecule has 3 rings (SSSR count). The van der Waals surface area contributed by atoms with Crippen LogP contribution in [0.3, 0.4) is 0 Å². The van der Waals surface area contributed by atoms with Crippen molar-refractivity contribution in [3.05, 3.63) is 41.2 Å². The van der Waals surface area contributed by atoms with Gasteiger partial charge in [-0.05, 0) is 37.9 Å². The van der Waals surface area contributed by atoms with Crippen molar-refractivity contribution in [2.24, 2.45) is 0 Å². The van der Waals surface area contributed by atoms with Gasteiger partial charge in [0.2, 0.25) is 0 Å². The molecule has 0 spiro atoms. The third kappa shape index (κ3) is 4.10. The van der Waals surface area contributed by atoms with Crippen molar-refractivity contribution in [2.45, 2.75) is 33.6 Å². The summed E-state index contributed by atoms with van der Waals surface area (Å²) in [7, 11) is 2.17. The predicted octanol–water partition coefficient (Wildman–Crippen LogP) is 3.71. The Morgan fingerprint density at radius 2 is 1.76 bits per heavy atom. The number of likely N-dealkylation sites (N-methyl/N-ethyl adjacent to an activating group) is 1. The number of aryl methyl sites for hydroxylation is 2. The topological polar surface area (TPSA) is 44.3 Å². The van der Waals surface area contributed by atoms with Crippen LogP contribution >= 0.6 is 0 Å². The van der Waals surface area contributed by atoms with Gasteiger partial charge in [-0.25, -0.2) is 9.97 Å². The van der Waals surface area contributed by atoms with E-state index in [4.69, 9.17) is 0 Å². The highest BCUT2D eigenvalue weighted by molar-refractivity contribution is 5.67. The van der Waals surface area contributed by atoms with Crippen molar-refractivity contribution in [3.8, 4) is 0 Å². The molecule has 1 aromatic heterocycles. The monoisotopic (exact) mass is 339 g/mol. The van der Waals surface area contributed by atoms with Crippen LogP contribution in [0.2, 0.25) is 0 Å². The molecular formula is C20H29N5. The van der Waals surface area contributed by atoms with Crippen LogP contribution in [-0.4, -0.2) is 48.1 Å². The second-order valence-electron chi connectivity index (χ2n) is 7.27. The lowest BCUT2D eigenvalue weighted by Gasteiger charge is -2.33. The first kappa shape index (κ1) is 17.7. The molecule has 1 aliphatic heterocycles. The van der Waals surface area contributed by atoms with Crippen molar-refractivity contribution >= 4 is 17.3 Å². The van der Waals surface area contributed by atoms with Crippen LogP contribution in [0.25, 0.3) is 0 Å². The Bertz CT molecular complexity index is 733. The van der Waals surface area contributed by atoms with Crippen LogP contribution in [0.4, 0.5) is 17.3 Å². The fourth-order valence-corrected chi connectivity index (χ4v) is 3.28. The summed E-state index contributed by atoms with van der Waals surface area (Å²) in [5, 5.41) is 3.56. The van der Waals surface area contributed by atoms with Crippen molar-refractivity contribution in [1.29, 1.82) is 0 Å². The van der Waals surface area contributed by atoms with Gasteiger partial charge in [-0.3, -0.25) is 0 Å². The smallest absolute Gasteiger partial charge is 0.136 e. The summed E-state index contributed by atoms with van der Waals surface area (Å²) in [5.41, 5.74) is 3.72. The number of nitrogens with one attached hydrogen (secondary N) is 1. The summed E-state index contributed by atoms with van der Waals surface area (Å²) in [4.78, 5) is 14.0. The maximum atomic E-state index is 4.66.